The summed E-state index contributed by atoms with van der Waals surface area (Å²) < 4.78 is 0. The van der Waals surface area contributed by atoms with Crippen molar-refractivity contribution in [2.75, 3.05) is 30.8 Å². The van der Waals surface area contributed by atoms with Crippen LogP contribution >= 0.6 is 0 Å². The number of nitrogens with two attached hydrogens (primary N) is 1. The van der Waals surface area contributed by atoms with Gasteiger partial charge in [-0.05, 0) is 31.0 Å². The molecular formula is C12H17N3O. The molecule has 0 spiro atoms. The van der Waals surface area contributed by atoms with Crippen molar-refractivity contribution >= 4 is 17.3 Å². The molecule has 0 atom stereocenters. The first-order valence-electron chi connectivity index (χ1n) is 5.59. The standard InChI is InChI=1S/C12H17N3O/c1-14-12(16)9-4-5-10(13)11(8-9)15-6-2-3-7-15/h4-5,8H,2-3,6-7,13H2,1H3,(H,14,16). The van der Waals surface area contributed by atoms with Crippen molar-refractivity contribution < 1.29 is 4.79 Å². The van der Waals surface area contributed by atoms with Crippen molar-refractivity contribution in [3.8, 4) is 0 Å². The summed E-state index contributed by atoms with van der Waals surface area (Å²) in [7, 11) is 1.63. The highest BCUT2D eigenvalue weighted by atomic mass is 16.1. The maximum atomic E-state index is 11.5. The molecule has 4 heteroatoms. The molecule has 16 heavy (non-hydrogen) atoms. The normalized spacial score (nSPS) is 15.2. The Morgan fingerprint density at radius 1 is 1.38 bits per heavy atom. The molecule has 1 aromatic rings. The van der Waals surface area contributed by atoms with Crippen LogP contribution in [0.5, 0.6) is 0 Å². The maximum absolute atomic E-state index is 11.5. The molecule has 0 bridgehead atoms. The van der Waals surface area contributed by atoms with Crippen LogP contribution in [-0.2, 0) is 0 Å². The van der Waals surface area contributed by atoms with Gasteiger partial charge in [-0.25, -0.2) is 0 Å². The fourth-order valence-electron chi connectivity index (χ4n) is 2.06. The van der Waals surface area contributed by atoms with Crippen LogP contribution in [-0.4, -0.2) is 26.0 Å². The van der Waals surface area contributed by atoms with Crippen molar-refractivity contribution in [1.29, 1.82) is 0 Å². The summed E-state index contributed by atoms with van der Waals surface area (Å²) >= 11 is 0. The van der Waals surface area contributed by atoms with Gasteiger partial charge >= 0.3 is 0 Å². The number of nitrogen functional groups attached to an aromatic ring is 1. The van der Waals surface area contributed by atoms with Crippen molar-refractivity contribution in [3.63, 3.8) is 0 Å². The van der Waals surface area contributed by atoms with E-state index in [2.05, 4.69) is 10.2 Å². The highest BCUT2D eigenvalue weighted by molar-refractivity contribution is 5.96. The van der Waals surface area contributed by atoms with Crippen LogP contribution in [0, 0.1) is 0 Å². The summed E-state index contributed by atoms with van der Waals surface area (Å²) in [5.74, 6) is -0.0690. The summed E-state index contributed by atoms with van der Waals surface area (Å²) in [6.07, 6.45) is 2.40. The van der Waals surface area contributed by atoms with E-state index in [1.807, 2.05) is 6.07 Å². The third kappa shape index (κ3) is 1.96. The zero-order chi connectivity index (χ0) is 11.5. The Morgan fingerprint density at radius 2 is 2.06 bits per heavy atom. The first-order chi connectivity index (χ1) is 7.72. The molecule has 86 valence electrons. The number of rotatable bonds is 2. The Balaban J connectivity index is 2.32. The molecule has 4 nitrogen and oxygen atoms in total. The number of benzene rings is 1. The smallest absolute Gasteiger partial charge is 0.251 e. The molecule has 3 N–H and O–H groups in total. The molecule has 0 aliphatic carbocycles. The molecule has 0 saturated carbocycles. The van der Waals surface area contributed by atoms with Gasteiger partial charge in [0.1, 0.15) is 0 Å². The second kappa shape index (κ2) is 4.43. The van der Waals surface area contributed by atoms with Crippen LogP contribution < -0.4 is 16.0 Å². The van der Waals surface area contributed by atoms with E-state index in [4.69, 9.17) is 5.73 Å². The fraction of sp³-hybridized carbons (Fsp3) is 0.417. The molecule has 1 aliphatic heterocycles. The van der Waals surface area contributed by atoms with E-state index in [1.165, 1.54) is 12.8 Å². The first kappa shape index (κ1) is 10.8. The summed E-state index contributed by atoms with van der Waals surface area (Å²) in [5.41, 5.74) is 8.33. The van der Waals surface area contributed by atoms with Gasteiger partial charge in [-0.3, -0.25) is 4.79 Å². The summed E-state index contributed by atoms with van der Waals surface area (Å²) in [5, 5.41) is 2.62. The quantitative estimate of drug-likeness (QED) is 0.735. The van der Waals surface area contributed by atoms with Crippen molar-refractivity contribution in [3.05, 3.63) is 23.8 Å². The van der Waals surface area contributed by atoms with Gasteiger partial charge in [0.15, 0.2) is 0 Å². The van der Waals surface area contributed by atoms with Crippen LogP contribution in [0.3, 0.4) is 0 Å². The van der Waals surface area contributed by atoms with Crippen LogP contribution in [0.2, 0.25) is 0 Å². The lowest BCUT2D eigenvalue weighted by molar-refractivity contribution is 0.0963. The summed E-state index contributed by atoms with van der Waals surface area (Å²) in [6.45, 7) is 2.06. The number of nitrogens with one attached hydrogen (secondary N) is 1. The fourth-order valence-corrected chi connectivity index (χ4v) is 2.06. The van der Waals surface area contributed by atoms with E-state index in [-0.39, 0.29) is 5.91 Å². The molecule has 1 amide bonds. The van der Waals surface area contributed by atoms with Gasteiger partial charge in [0.05, 0.1) is 11.4 Å². The third-order valence-corrected chi connectivity index (χ3v) is 2.97. The lowest BCUT2D eigenvalue weighted by atomic mass is 10.1. The molecule has 1 aliphatic rings. The van der Waals surface area contributed by atoms with Crippen LogP contribution in [0.15, 0.2) is 18.2 Å². The van der Waals surface area contributed by atoms with Crippen LogP contribution in [0.25, 0.3) is 0 Å². The Kier molecular flexibility index (Phi) is 2.99. The van der Waals surface area contributed by atoms with Crippen molar-refractivity contribution in [2.24, 2.45) is 0 Å². The van der Waals surface area contributed by atoms with E-state index in [0.717, 1.165) is 24.5 Å². The first-order valence-corrected chi connectivity index (χ1v) is 5.59. The Hall–Kier alpha value is -1.71. The molecule has 0 unspecified atom stereocenters. The maximum Gasteiger partial charge on any atom is 0.251 e. The lowest BCUT2D eigenvalue weighted by Crippen LogP contribution is -2.22. The van der Waals surface area contributed by atoms with Crippen LogP contribution in [0.1, 0.15) is 23.2 Å². The number of anilines is 2. The predicted octanol–water partition coefficient (Wildman–Crippen LogP) is 1.23. The molecule has 0 aromatic heterocycles. The minimum atomic E-state index is -0.0690. The lowest BCUT2D eigenvalue weighted by Gasteiger charge is -2.20. The minimum Gasteiger partial charge on any atom is -0.397 e. The molecule has 1 heterocycles. The zero-order valence-corrected chi connectivity index (χ0v) is 9.49. The monoisotopic (exact) mass is 219 g/mol. The number of nitrogens with zero attached hydrogens (tertiary/aromatic N) is 1. The average Bonchev–Trinajstić information content (AvgIpc) is 2.82. The van der Waals surface area contributed by atoms with E-state index < -0.39 is 0 Å². The van der Waals surface area contributed by atoms with Crippen molar-refractivity contribution in [1.82, 2.24) is 5.32 Å². The summed E-state index contributed by atoms with van der Waals surface area (Å²) in [6, 6.07) is 5.44. The minimum absolute atomic E-state index is 0.0690. The number of carbonyl (C=O) groups excluding carboxylic acids is 1. The van der Waals surface area contributed by atoms with Gasteiger partial charge in [-0.15, -0.1) is 0 Å². The molecule has 1 fully saturated rings. The van der Waals surface area contributed by atoms with Gasteiger partial charge in [0.2, 0.25) is 0 Å². The second-order valence-corrected chi connectivity index (χ2v) is 4.05. The largest absolute Gasteiger partial charge is 0.397 e. The molecular weight excluding hydrogens is 202 g/mol. The molecule has 2 rings (SSSR count). The zero-order valence-electron chi connectivity index (χ0n) is 9.49. The predicted molar refractivity (Wildman–Crippen MR) is 65.7 cm³/mol. The van der Waals surface area contributed by atoms with E-state index in [9.17, 15) is 4.79 Å². The third-order valence-electron chi connectivity index (χ3n) is 2.97. The summed E-state index contributed by atoms with van der Waals surface area (Å²) in [4.78, 5) is 13.8. The topological polar surface area (TPSA) is 58.4 Å². The van der Waals surface area contributed by atoms with Gasteiger partial charge in [-0.2, -0.15) is 0 Å². The highest BCUT2D eigenvalue weighted by Gasteiger charge is 2.16. The van der Waals surface area contributed by atoms with Gasteiger partial charge < -0.3 is 16.0 Å². The van der Waals surface area contributed by atoms with Crippen LogP contribution in [0.4, 0.5) is 11.4 Å². The molecule has 1 saturated heterocycles. The van der Waals surface area contributed by atoms with E-state index in [0.29, 0.717) is 5.56 Å². The second-order valence-electron chi connectivity index (χ2n) is 4.05. The van der Waals surface area contributed by atoms with E-state index in [1.54, 1.807) is 19.2 Å². The highest BCUT2D eigenvalue weighted by Crippen LogP contribution is 2.27. The van der Waals surface area contributed by atoms with Gasteiger partial charge in [0.25, 0.3) is 5.91 Å². The Morgan fingerprint density at radius 3 is 2.69 bits per heavy atom. The van der Waals surface area contributed by atoms with Gasteiger partial charge in [0, 0.05) is 25.7 Å². The Bertz CT molecular complexity index is 397. The number of hydrogen-bond donors (Lipinski definition) is 2. The number of hydrogen-bond acceptors (Lipinski definition) is 3. The molecule has 1 aromatic carbocycles. The molecule has 0 radical (unpaired) electrons. The van der Waals surface area contributed by atoms with Crippen molar-refractivity contribution in [2.45, 2.75) is 12.8 Å². The Labute approximate surface area is 95.4 Å². The number of carbonyl (C=O) groups is 1. The number of amides is 1. The average molecular weight is 219 g/mol. The van der Waals surface area contributed by atoms with E-state index >= 15 is 0 Å². The SMILES string of the molecule is CNC(=O)c1ccc(N)c(N2CCCC2)c1. The van der Waals surface area contributed by atoms with Gasteiger partial charge in [-0.1, -0.05) is 0 Å².